The number of hydrogen-bond acceptors (Lipinski definition) is 10. The Kier molecular flexibility index (Phi) is 13.0. The van der Waals surface area contributed by atoms with Gasteiger partial charge in [0, 0.05) is 10.7 Å². The number of nitrogens with zero attached hydrogens (tertiary/aromatic N) is 1. The lowest BCUT2D eigenvalue weighted by atomic mass is 9.95. The minimum absolute atomic E-state index is 0.160. The maximum atomic E-state index is 12.5. The summed E-state index contributed by atoms with van der Waals surface area (Å²) in [5.41, 5.74) is 5.59. The van der Waals surface area contributed by atoms with Crippen molar-refractivity contribution in [1.82, 2.24) is 16.1 Å². The van der Waals surface area contributed by atoms with E-state index < -0.39 is 24.3 Å². The van der Waals surface area contributed by atoms with Gasteiger partial charge in [0.15, 0.2) is 29.2 Å². The molecule has 0 bridgehead atoms. The van der Waals surface area contributed by atoms with Crippen molar-refractivity contribution in [2.75, 3.05) is 26.9 Å². The van der Waals surface area contributed by atoms with Gasteiger partial charge in [-0.25, -0.2) is 9.59 Å². The topological polar surface area (TPSA) is 149 Å². The monoisotopic (exact) mass is 778 g/mol. The molecular formula is C33H36ClIN4O8. The second-order valence-corrected chi connectivity index (χ2v) is 11.7. The van der Waals surface area contributed by atoms with E-state index in [9.17, 15) is 14.7 Å². The second-order valence-electron chi connectivity index (χ2n) is 10.1. The number of nitrogens with one attached hydrogen (secondary N) is 3. The zero-order chi connectivity index (χ0) is 33.9. The number of allylic oxidation sites excluding steroid dienone is 1. The first-order valence-electron chi connectivity index (χ1n) is 14.7. The molecule has 0 saturated heterocycles. The summed E-state index contributed by atoms with van der Waals surface area (Å²) >= 11 is 8.16. The Morgan fingerprint density at radius 1 is 1.04 bits per heavy atom. The number of hydrazone groups is 1. The largest absolute Gasteiger partial charge is 0.490 e. The molecule has 250 valence electrons. The summed E-state index contributed by atoms with van der Waals surface area (Å²) in [6, 6.07) is 14.9. The second kappa shape index (κ2) is 17.1. The van der Waals surface area contributed by atoms with E-state index in [-0.39, 0.29) is 12.2 Å². The van der Waals surface area contributed by atoms with E-state index in [1.54, 1.807) is 37.4 Å². The SMILES string of the molecule is CCOc1cc([C@@H]2NC(=O)NC(C)=C2C(=O)OC)ccc1OC[C@H](O)N/N=C/c1cc(I)c(OCc2ccc(Cl)cc2)c(OCC)c1. The minimum Gasteiger partial charge on any atom is -0.490 e. The molecule has 47 heavy (non-hydrogen) atoms. The number of aliphatic hydroxyl groups excluding tert-OH is 1. The maximum absolute atomic E-state index is 12.5. The Morgan fingerprint density at radius 2 is 1.77 bits per heavy atom. The number of aliphatic hydroxyl groups is 1. The van der Waals surface area contributed by atoms with E-state index in [2.05, 4.69) is 43.8 Å². The average molecular weight is 779 g/mol. The summed E-state index contributed by atoms with van der Waals surface area (Å²) in [4.78, 5) is 24.7. The number of carbonyl (C=O) groups is 2. The van der Waals surface area contributed by atoms with Crippen molar-refractivity contribution in [3.05, 3.63) is 91.2 Å². The molecule has 4 N–H and O–H groups in total. The van der Waals surface area contributed by atoms with Gasteiger partial charge in [0.05, 0.1) is 41.7 Å². The van der Waals surface area contributed by atoms with Gasteiger partial charge in [-0.2, -0.15) is 5.10 Å². The van der Waals surface area contributed by atoms with Gasteiger partial charge in [0.2, 0.25) is 0 Å². The summed E-state index contributed by atoms with van der Waals surface area (Å²) < 4.78 is 29.3. The molecule has 2 atom stereocenters. The van der Waals surface area contributed by atoms with Crippen molar-refractivity contribution in [2.45, 2.75) is 39.6 Å². The molecule has 0 radical (unpaired) electrons. The normalized spacial score (nSPS) is 15.0. The Labute approximate surface area is 291 Å². The van der Waals surface area contributed by atoms with E-state index in [4.69, 9.17) is 35.3 Å². The van der Waals surface area contributed by atoms with Crippen LogP contribution < -0.4 is 35.0 Å². The number of carbonyl (C=O) groups excluding carboxylic acids is 2. The van der Waals surface area contributed by atoms with Gasteiger partial charge in [-0.1, -0.05) is 29.8 Å². The summed E-state index contributed by atoms with van der Waals surface area (Å²) in [7, 11) is 1.27. The lowest BCUT2D eigenvalue weighted by Crippen LogP contribution is -2.45. The van der Waals surface area contributed by atoms with Crippen LogP contribution in [0.3, 0.4) is 0 Å². The lowest BCUT2D eigenvalue weighted by Gasteiger charge is -2.28. The predicted octanol–water partition coefficient (Wildman–Crippen LogP) is 5.44. The first-order valence-corrected chi connectivity index (χ1v) is 16.1. The molecule has 14 heteroatoms. The molecule has 0 aliphatic carbocycles. The molecule has 3 aromatic carbocycles. The van der Waals surface area contributed by atoms with Crippen LogP contribution in [0.2, 0.25) is 5.02 Å². The third kappa shape index (κ3) is 9.65. The van der Waals surface area contributed by atoms with Crippen LogP contribution in [-0.2, 0) is 16.1 Å². The van der Waals surface area contributed by atoms with Crippen molar-refractivity contribution >= 4 is 52.4 Å². The summed E-state index contributed by atoms with van der Waals surface area (Å²) in [6.45, 7) is 6.30. The molecule has 1 aliphatic rings. The Morgan fingerprint density at radius 3 is 2.47 bits per heavy atom. The number of urea groups is 1. The van der Waals surface area contributed by atoms with Gasteiger partial charge in [-0.05, 0) is 96.5 Å². The Hall–Kier alpha value is -4.21. The standard InChI is InChI=1S/C33H36ClIN4O8/c1-5-44-26-15-22(30-29(32(41)43-4)19(3)37-33(42)38-30)9-12-25(26)46-18-28(40)39-36-16-21-13-24(35)31(27(14-21)45-6-2)47-17-20-7-10-23(34)11-8-20/h7-16,28,30,39-40H,5-6,17-18H2,1-4H3,(H2,37,38,42)/b36-16+/t28-,30-/m0/s1. The van der Waals surface area contributed by atoms with Crippen LogP contribution >= 0.6 is 34.2 Å². The number of amides is 2. The van der Waals surface area contributed by atoms with Crippen LogP contribution in [0.5, 0.6) is 23.0 Å². The highest BCUT2D eigenvalue weighted by atomic mass is 127. The van der Waals surface area contributed by atoms with Gasteiger partial charge >= 0.3 is 12.0 Å². The number of rotatable bonds is 15. The highest BCUT2D eigenvalue weighted by molar-refractivity contribution is 14.1. The Balaban J connectivity index is 1.40. The van der Waals surface area contributed by atoms with Crippen molar-refractivity contribution in [2.24, 2.45) is 5.10 Å². The number of benzene rings is 3. The summed E-state index contributed by atoms with van der Waals surface area (Å²) in [5, 5.41) is 20.7. The average Bonchev–Trinajstić information content (AvgIpc) is 3.04. The van der Waals surface area contributed by atoms with E-state index in [0.29, 0.717) is 59.1 Å². The quantitative estimate of drug-likeness (QED) is 0.0521. The van der Waals surface area contributed by atoms with Crippen molar-refractivity contribution in [3.63, 3.8) is 0 Å². The number of halogens is 2. The molecule has 0 unspecified atom stereocenters. The summed E-state index contributed by atoms with van der Waals surface area (Å²) in [5.74, 6) is 1.33. The van der Waals surface area contributed by atoms with Crippen molar-refractivity contribution in [3.8, 4) is 23.0 Å². The van der Waals surface area contributed by atoms with Gasteiger partial charge in [-0.3, -0.25) is 5.43 Å². The van der Waals surface area contributed by atoms with Crippen LogP contribution in [0, 0.1) is 3.57 Å². The molecule has 0 saturated carbocycles. The molecule has 4 rings (SSSR count). The van der Waals surface area contributed by atoms with Crippen LogP contribution in [0.1, 0.15) is 43.5 Å². The molecule has 1 aliphatic heterocycles. The molecule has 1 heterocycles. The molecule has 12 nitrogen and oxygen atoms in total. The van der Waals surface area contributed by atoms with Crippen molar-refractivity contribution in [1.29, 1.82) is 0 Å². The highest BCUT2D eigenvalue weighted by Crippen LogP contribution is 2.36. The Bertz CT molecular complexity index is 1630. The lowest BCUT2D eigenvalue weighted by molar-refractivity contribution is -0.136. The molecule has 0 spiro atoms. The van der Waals surface area contributed by atoms with E-state index in [1.807, 2.05) is 44.2 Å². The van der Waals surface area contributed by atoms with Gasteiger partial charge in [0.1, 0.15) is 13.2 Å². The number of ether oxygens (including phenoxy) is 5. The van der Waals surface area contributed by atoms with E-state index >= 15 is 0 Å². The van der Waals surface area contributed by atoms with Gasteiger partial charge in [0.25, 0.3) is 0 Å². The highest BCUT2D eigenvalue weighted by Gasteiger charge is 2.32. The predicted molar refractivity (Wildman–Crippen MR) is 185 cm³/mol. The third-order valence-corrected chi connectivity index (χ3v) is 7.79. The van der Waals surface area contributed by atoms with Crippen molar-refractivity contribution < 1.29 is 38.4 Å². The zero-order valence-electron chi connectivity index (χ0n) is 26.3. The van der Waals surface area contributed by atoms with Crippen LogP contribution in [0.4, 0.5) is 4.79 Å². The first-order chi connectivity index (χ1) is 22.6. The summed E-state index contributed by atoms with van der Waals surface area (Å²) in [6.07, 6.45) is 0.395. The number of esters is 1. The fraction of sp³-hybridized carbons (Fsp3) is 0.303. The first kappa shape index (κ1) is 35.6. The molecule has 3 aromatic rings. The van der Waals surface area contributed by atoms with E-state index in [0.717, 1.165) is 14.7 Å². The van der Waals surface area contributed by atoms with Gasteiger partial charge in [-0.15, -0.1) is 0 Å². The van der Waals surface area contributed by atoms with Crippen LogP contribution in [-0.4, -0.2) is 56.5 Å². The van der Waals surface area contributed by atoms with Crippen LogP contribution in [0.15, 0.2) is 71.0 Å². The third-order valence-electron chi connectivity index (χ3n) is 6.74. The number of hydrogen-bond donors (Lipinski definition) is 4. The molecule has 0 fully saturated rings. The smallest absolute Gasteiger partial charge is 0.337 e. The van der Waals surface area contributed by atoms with E-state index in [1.165, 1.54) is 7.11 Å². The zero-order valence-corrected chi connectivity index (χ0v) is 29.2. The van der Waals surface area contributed by atoms with Gasteiger partial charge < -0.3 is 39.4 Å². The fourth-order valence-electron chi connectivity index (χ4n) is 4.62. The number of methoxy groups -OCH3 is 1. The van der Waals surface area contributed by atoms with Crippen LogP contribution in [0.25, 0.3) is 0 Å². The molecular weight excluding hydrogens is 743 g/mol. The maximum Gasteiger partial charge on any atom is 0.337 e. The molecule has 2 amide bonds. The minimum atomic E-state index is -1.16. The fourth-order valence-corrected chi connectivity index (χ4v) is 5.53. The molecule has 0 aromatic heterocycles.